The van der Waals surface area contributed by atoms with Crippen LogP contribution in [0.5, 0.6) is 0 Å². The number of hydrogen-bond acceptors (Lipinski definition) is 4. The summed E-state index contributed by atoms with van der Waals surface area (Å²) in [5.41, 5.74) is 12.7. The van der Waals surface area contributed by atoms with E-state index in [0.29, 0.717) is 24.2 Å². The van der Waals surface area contributed by atoms with Crippen molar-refractivity contribution in [2.45, 2.75) is 18.9 Å². The zero-order valence-corrected chi connectivity index (χ0v) is 10.8. The van der Waals surface area contributed by atoms with E-state index in [0.717, 1.165) is 12.1 Å². The lowest BCUT2D eigenvalue weighted by atomic mass is 10.0. The summed E-state index contributed by atoms with van der Waals surface area (Å²) in [5, 5.41) is 3.30. The first-order chi connectivity index (χ1) is 8.97. The Bertz CT molecular complexity index is 515. The van der Waals surface area contributed by atoms with Crippen molar-refractivity contribution in [1.29, 1.82) is 0 Å². The van der Waals surface area contributed by atoms with E-state index in [9.17, 15) is 9.59 Å². The van der Waals surface area contributed by atoms with Crippen LogP contribution in [-0.4, -0.2) is 36.3 Å². The van der Waals surface area contributed by atoms with Crippen LogP contribution in [0.1, 0.15) is 23.2 Å². The number of nitrogens with one attached hydrogen (secondary N) is 1. The van der Waals surface area contributed by atoms with Gasteiger partial charge in [0.15, 0.2) is 0 Å². The SMILES string of the molecule is CN1CC(Nc2ccc(C(N)=O)cc2N)CCC1=O. The van der Waals surface area contributed by atoms with Crippen molar-refractivity contribution in [3.63, 3.8) is 0 Å². The highest BCUT2D eigenvalue weighted by atomic mass is 16.2. The first-order valence-electron chi connectivity index (χ1n) is 6.17. The van der Waals surface area contributed by atoms with Crippen molar-refractivity contribution in [1.82, 2.24) is 4.90 Å². The predicted octanol–water partition coefficient (Wildman–Crippen LogP) is 0.400. The fraction of sp³-hybridized carbons (Fsp3) is 0.385. The van der Waals surface area contributed by atoms with Crippen LogP contribution < -0.4 is 16.8 Å². The number of likely N-dealkylation sites (N-methyl/N-ethyl adjacent to an activating group) is 1. The molecule has 0 aromatic heterocycles. The van der Waals surface area contributed by atoms with Gasteiger partial charge in [-0.05, 0) is 24.6 Å². The Morgan fingerprint density at radius 3 is 2.79 bits per heavy atom. The molecule has 1 aromatic rings. The Balaban J connectivity index is 2.07. The molecule has 1 fully saturated rings. The average molecular weight is 262 g/mol. The highest BCUT2D eigenvalue weighted by molar-refractivity contribution is 5.94. The Labute approximate surface area is 111 Å². The van der Waals surface area contributed by atoms with E-state index in [1.54, 1.807) is 30.1 Å². The number of piperidine rings is 1. The molecule has 0 bridgehead atoms. The van der Waals surface area contributed by atoms with Crippen LogP contribution in [-0.2, 0) is 4.79 Å². The Hall–Kier alpha value is -2.24. The molecule has 1 aliphatic rings. The molecule has 1 aromatic carbocycles. The van der Waals surface area contributed by atoms with Gasteiger partial charge in [0.1, 0.15) is 0 Å². The molecule has 0 spiro atoms. The van der Waals surface area contributed by atoms with Crippen molar-refractivity contribution in [2.75, 3.05) is 24.6 Å². The topological polar surface area (TPSA) is 101 Å². The molecule has 2 rings (SSSR count). The van der Waals surface area contributed by atoms with Gasteiger partial charge in [0.05, 0.1) is 11.4 Å². The summed E-state index contributed by atoms with van der Waals surface area (Å²) in [6.45, 7) is 0.649. The number of rotatable bonds is 3. The monoisotopic (exact) mass is 262 g/mol. The minimum atomic E-state index is -0.499. The number of hydrogen-bond donors (Lipinski definition) is 3. The van der Waals surface area contributed by atoms with E-state index in [-0.39, 0.29) is 11.9 Å². The zero-order chi connectivity index (χ0) is 14.0. The summed E-state index contributed by atoms with van der Waals surface area (Å²) in [5.74, 6) is -0.337. The molecule has 5 N–H and O–H groups in total. The van der Waals surface area contributed by atoms with Gasteiger partial charge in [-0.15, -0.1) is 0 Å². The molecule has 1 heterocycles. The lowest BCUT2D eigenvalue weighted by Gasteiger charge is -2.31. The summed E-state index contributed by atoms with van der Waals surface area (Å²) in [6, 6.07) is 5.11. The van der Waals surface area contributed by atoms with Crippen molar-refractivity contribution in [3.8, 4) is 0 Å². The summed E-state index contributed by atoms with van der Waals surface area (Å²) in [6.07, 6.45) is 1.31. The molecular weight excluding hydrogens is 244 g/mol. The minimum absolute atomic E-state index is 0.162. The minimum Gasteiger partial charge on any atom is -0.397 e. The van der Waals surface area contributed by atoms with Gasteiger partial charge in [0, 0.05) is 31.6 Å². The standard InChI is InChI=1S/C13H18N4O2/c1-17-7-9(3-5-12(17)18)16-11-4-2-8(13(15)19)6-10(11)14/h2,4,6,9,16H,3,5,7,14H2,1H3,(H2,15,19). The molecule has 2 amide bonds. The quantitative estimate of drug-likeness (QED) is 0.686. The maximum Gasteiger partial charge on any atom is 0.248 e. The van der Waals surface area contributed by atoms with Gasteiger partial charge in [-0.1, -0.05) is 0 Å². The molecule has 6 nitrogen and oxygen atoms in total. The first kappa shape index (κ1) is 13.2. The van der Waals surface area contributed by atoms with Crippen LogP contribution in [0.2, 0.25) is 0 Å². The molecule has 1 saturated heterocycles. The third kappa shape index (κ3) is 2.96. The number of anilines is 2. The van der Waals surface area contributed by atoms with Gasteiger partial charge in [-0.3, -0.25) is 9.59 Å². The van der Waals surface area contributed by atoms with Crippen molar-refractivity contribution < 1.29 is 9.59 Å². The second kappa shape index (κ2) is 5.17. The summed E-state index contributed by atoms with van der Waals surface area (Å²) in [7, 11) is 1.79. The Morgan fingerprint density at radius 1 is 1.47 bits per heavy atom. The van der Waals surface area contributed by atoms with Crippen molar-refractivity contribution in [3.05, 3.63) is 23.8 Å². The number of amides is 2. The largest absolute Gasteiger partial charge is 0.397 e. The van der Waals surface area contributed by atoms with E-state index >= 15 is 0 Å². The Morgan fingerprint density at radius 2 is 2.21 bits per heavy atom. The molecule has 0 saturated carbocycles. The van der Waals surface area contributed by atoms with Crippen LogP contribution in [0, 0.1) is 0 Å². The van der Waals surface area contributed by atoms with E-state index in [1.165, 1.54) is 0 Å². The van der Waals surface area contributed by atoms with Gasteiger partial charge < -0.3 is 21.7 Å². The van der Waals surface area contributed by atoms with Gasteiger partial charge in [-0.25, -0.2) is 0 Å². The van der Waals surface area contributed by atoms with Crippen molar-refractivity contribution in [2.24, 2.45) is 5.73 Å². The molecule has 1 atom stereocenters. The van der Waals surface area contributed by atoms with Crippen LogP contribution in [0.15, 0.2) is 18.2 Å². The maximum atomic E-state index is 11.4. The maximum absolute atomic E-state index is 11.4. The molecule has 6 heteroatoms. The van der Waals surface area contributed by atoms with E-state index in [4.69, 9.17) is 11.5 Å². The molecule has 1 aliphatic heterocycles. The second-order valence-electron chi connectivity index (χ2n) is 4.82. The van der Waals surface area contributed by atoms with E-state index < -0.39 is 5.91 Å². The number of likely N-dealkylation sites (tertiary alicyclic amines) is 1. The molecule has 0 aliphatic carbocycles. The van der Waals surface area contributed by atoms with Crippen molar-refractivity contribution >= 4 is 23.2 Å². The average Bonchev–Trinajstić information content (AvgIpc) is 2.36. The number of carbonyl (C=O) groups is 2. The molecule has 0 radical (unpaired) electrons. The van der Waals surface area contributed by atoms with Gasteiger partial charge in [-0.2, -0.15) is 0 Å². The zero-order valence-electron chi connectivity index (χ0n) is 10.8. The smallest absolute Gasteiger partial charge is 0.248 e. The van der Waals surface area contributed by atoms with Gasteiger partial charge in [0.2, 0.25) is 11.8 Å². The number of nitrogen functional groups attached to an aromatic ring is 1. The second-order valence-corrected chi connectivity index (χ2v) is 4.82. The fourth-order valence-electron chi connectivity index (χ4n) is 2.20. The Kier molecular flexibility index (Phi) is 3.59. The van der Waals surface area contributed by atoms with Gasteiger partial charge >= 0.3 is 0 Å². The summed E-state index contributed by atoms with van der Waals surface area (Å²) >= 11 is 0. The highest BCUT2D eigenvalue weighted by Gasteiger charge is 2.23. The predicted molar refractivity (Wildman–Crippen MR) is 73.7 cm³/mol. The number of benzene rings is 1. The molecular formula is C13H18N4O2. The molecule has 102 valence electrons. The first-order valence-corrected chi connectivity index (χ1v) is 6.17. The van der Waals surface area contributed by atoms with Gasteiger partial charge in [0.25, 0.3) is 0 Å². The third-order valence-electron chi connectivity index (χ3n) is 3.32. The lowest BCUT2D eigenvalue weighted by molar-refractivity contribution is -0.132. The van der Waals surface area contributed by atoms with Crippen LogP contribution in [0.25, 0.3) is 0 Å². The summed E-state index contributed by atoms with van der Waals surface area (Å²) < 4.78 is 0. The van der Waals surface area contributed by atoms with E-state index in [2.05, 4.69) is 5.32 Å². The van der Waals surface area contributed by atoms with Crippen LogP contribution in [0.4, 0.5) is 11.4 Å². The fourth-order valence-corrected chi connectivity index (χ4v) is 2.20. The molecule has 19 heavy (non-hydrogen) atoms. The third-order valence-corrected chi connectivity index (χ3v) is 3.32. The highest BCUT2D eigenvalue weighted by Crippen LogP contribution is 2.23. The number of nitrogens with two attached hydrogens (primary N) is 2. The lowest BCUT2D eigenvalue weighted by Crippen LogP contribution is -2.43. The normalized spacial score (nSPS) is 19.3. The number of primary amides is 1. The van der Waals surface area contributed by atoms with E-state index in [1.807, 2.05) is 0 Å². The van der Waals surface area contributed by atoms with Crippen LogP contribution >= 0.6 is 0 Å². The van der Waals surface area contributed by atoms with Crippen LogP contribution in [0.3, 0.4) is 0 Å². The number of nitrogens with zero attached hydrogens (tertiary/aromatic N) is 1. The summed E-state index contributed by atoms with van der Waals surface area (Å²) in [4.78, 5) is 24.1. The molecule has 1 unspecified atom stereocenters. The number of carbonyl (C=O) groups excluding carboxylic acids is 2.